The largest absolute Gasteiger partial charge is 0.456 e. The van der Waals surface area contributed by atoms with Gasteiger partial charge in [-0.15, -0.1) is 0 Å². The summed E-state index contributed by atoms with van der Waals surface area (Å²) in [6, 6.07) is 62.7. The van der Waals surface area contributed by atoms with Crippen LogP contribution in [0.2, 0.25) is 0 Å². The number of fused-ring (bicyclic) bond motifs is 9. The van der Waals surface area contributed by atoms with Gasteiger partial charge < -0.3 is 13.4 Å². The van der Waals surface area contributed by atoms with Crippen LogP contribution in [-0.2, 0) is 0 Å². The molecule has 0 aliphatic carbocycles. The molecule has 6 nitrogen and oxygen atoms in total. The Morgan fingerprint density at radius 2 is 0.877 bits per heavy atom. The Morgan fingerprint density at radius 1 is 0.333 bits per heavy atom. The fourth-order valence-electron chi connectivity index (χ4n) is 8.37. The van der Waals surface area contributed by atoms with E-state index in [0.29, 0.717) is 17.5 Å². The lowest BCUT2D eigenvalue weighted by Gasteiger charge is -2.10. The summed E-state index contributed by atoms with van der Waals surface area (Å²) < 4.78 is 15.3. The van der Waals surface area contributed by atoms with Gasteiger partial charge in [0.05, 0.1) is 11.0 Å². The summed E-state index contributed by atoms with van der Waals surface area (Å²) in [6.07, 6.45) is 0. The predicted octanol–water partition coefficient (Wildman–Crippen LogP) is 13.4. The highest BCUT2D eigenvalue weighted by Crippen LogP contribution is 2.40. The van der Waals surface area contributed by atoms with E-state index >= 15 is 0 Å². The van der Waals surface area contributed by atoms with Crippen molar-refractivity contribution in [1.29, 1.82) is 0 Å². The molecular weight excluding hydrogens is 701 g/mol. The average molecular weight is 731 g/mol. The van der Waals surface area contributed by atoms with Gasteiger partial charge in [0.25, 0.3) is 0 Å². The Hall–Kier alpha value is -7.83. The number of hydrogen-bond acceptors (Lipinski definition) is 5. The van der Waals surface area contributed by atoms with E-state index in [2.05, 4.69) is 126 Å². The Balaban J connectivity index is 0.999. The van der Waals surface area contributed by atoms with Crippen LogP contribution in [0.25, 0.3) is 117 Å². The van der Waals surface area contributed by atoms with Gasteiger partial charge in [0.15, 0.2) is 17.5 Å². The molecule has 0 amide bonds. The first-order valence-corrected chi connectivity index (χ1v) is 19.0. The summed E-state index contributed by atoms with van der Waals surface area (Å²) in [5.74, 6) is 1.77. The monoisotopic (exact) mass is 730 g/mol. The molecule has 0 radical (unpaired) electrons. The highest BCUT2D eigenvalue weighted by Gasteiger charge is 2.19. The van der Waals surface area contributed by atoms with E-state index in [0.717, 1.165) is 88.4 Å². The van der Waals surface area contributed by atoms with Crippen molar-refractivity contribution in [2.75, 3.05) is 0 Å². The van der Waals surface area contributed by atoms with Crippen LogP contribution in [0.5, 0.6) is 0 Å². The Bertz CT molecular complexity index is 3530. The molecule has 0 saturated carbocycles. The van der Waals surface area contributed by atoms with Gasteiger partial charge in [-0.3, -0.25) is 0 Å². The molecule has 0 spiro atoms. The molecule has 4 heterocycles. The van der Waals surface area contributed by atoms with Gasteiger partial charge in [0.2, 0.25) is 0 Å². The molecular formula is C51H30N4O2. The van der Waals surface area contributed by atoms with Crippen molar-refractivity contribution < 1.29 is 8.83 Å². The summed E-state index contributed by atoms with van der Waals surface area (Å²) in [5.41, 5.74) is 11.4. The van der Waals surface area contributed by atoms with Crippen LogP contribution in [0.1, 0.15) is 0 Å². The third-order valence-electron chi connectivity index (χ3n) is 11.1. The van der Waals surface area contributed by atoms with Gasteiger partial charge in [0.1, 0.15) is 22.3 Å². The third-order valence-corrected chi connectivity index (χ3v) is 11.1. The molecule has 0 aliphatic heterocycles. The van der Waals surface area contributed by atoms with Crippen molar-refractivity contribution >= 4 is 65.7 Å². The van der Waals surface area contributed by atoms with Crippen LogP contribution in [0.4, 0.5) is 0 Å². The van der Waals surface area contributed by atoms with Gasteiger partial charge in [-0.2, -0.15) is 0 Å². The number of furan rings is 2. The van der Waals surface area contributed by atoms with Crippen LogP contribution in [0.15, 0.2) is 191 Å². The minimum absolute atomic E-state index is 0.571. The molecule has 12 aromatic rings. The summed E-state index contributed by atoms with van der Waals surface area (Å²) in [5, 5.41) is 6.65. The zero-order valence-electron chi connectivity index (χ0n) is 30.4. The highest BCUT2D eigenvalue weighted by molar-refractivity contribution is 6.12. The maximum atomic E-state index is 6.61. The van der Waals surface area contributed by atoms with Crippen molar-refractivity contribution in [3.63, 3.8) is 0 Å². The second-order valence-corrected chi connectivity index (χ2v) is 14.4. The van der Waals surface area contributed by atoms with E-state index in [1.54, 1.807) is 0 Å². The number of nitrogens with zero attached hydrogens (tertiary/aromatic N) is 4. The van der Waals surface area contributed by atoms with Crippen LogP contribution in [0, 0.1) is 0 Å². The topological polar surface area (TPSA) is 69.9 Å². The Labute approximate surface area is 325 Å². The lowest BCUT2D eigenvalue weighted by atomic mass is 10.0. The molecule has 6 heteroatoms. The standard InChI is InChI=1S/C51H30N4O2/c1-3-12-31(13-4-1)49-52-50(33-23-25-38-37-16-7-9-20-43(37)55(44(38)28-33)35-14-5-2-6-15-35)54-51(53-49)34-24-27-41-40-26-22-32(29-46(40)56-47(41)30-34)36-18-11-19-42-39-17-8-10-21-45(39)57-48(36)42/h1-30H. The van der Waals surface area contributed by atoms with E-state index in [1.165, 1.54) is 10.8 Å². The Morgan fingerprint density at radius 3 is 1.65 bits per heavy atom. The van der Waals surface area contributed by atoms with Crippen LogP contribution in [0.3, 0.4) is 0 Å². The molecule has 0 fully saturated rings. The van der Waals surface area contributed by atoms with Gasteiger partial charge in [-0.25, -0.2) is 15.0 Å². The van der Waals surface area contributed by atoms with Crippen molar-refractivity contribution in [2.45, 2.75) is 0 Å². The molecule has 0 saturated heterocycles. The fraction of sp³-hybridized carbons (Fsp3) is 0. The minimum Gasteiger partial charge on any atom is -0.456 e. The van der Waals surface area contributed by atoms with E-state index in [-0.39, 0.29) is 0 Å². The minimum atomic E-state index is 0.571. The number of benzene rings is 8. The Kier molecular flexibility index (Phi) is 6.83. The zero-order chi connectivity index (χ0) is 37.5. The zero-order valence-corrected chi connectivity index (χ0v) is 30.4. The normalized spacial score (nSPS) is 11.9. The third kappa shape index (κ3) is 5.01. The van der Waals surface area contributed by atoms with Crippen LogP contribution < -0.4 is 0 Å². The summed E-state index contributed by atoms with van der Waals surface area (Å²) >= 11 is 0. The lowest BCUT2D eigenvalue weighted by molar-refractivity contribution is 0.668. The van der Waals surface area contributed by atoms with Crippen LogP contribution >= 0.6 is 0 Å². The van der Waals surface area contributed by atoms with Gasteiger partial charge in [-0.1, -0.05) is 127 Å². The number of aromatic nitrogens is 4. The predicted molar refractivity (Wildman–Crippen MR) is 230 cm³/mol. The highest BCUT2D eigenvalue weighted by atomic mass is 16.3. The van der Waals surface area contributed by atoms with E-state index in [9.17, 15) is 0 Å². The molecule has 12 rings (SSSR count). The van der Waals surface area contributed by atoms with Crippen molar-refractivity contribution in [1.82, 2.24) is 19.5 Å². The number of hydrogen-bond donors (Lipinski definition) is 0. The summed E-state index contributed by atoms with van der Waals surface area (Å²) in [7, 11) is 0. The lowest BCUT2D eigenvalue weighted by Crippen LogP contribution is -2.00. The number of rotatable bonds is 5. The molecule has 57 heavy (non-hydrogen) atoms. The molecule has 8 aromatic carbocycles. The maximum Gasteiger partial charge on any atom is 0.164 e. The van der Waals surface area contributed by atoms with E-state index in [4.69, 9.17) is 23.8 Å². The first kappa shape index (κ1) is 31.5. The van der Waals surface area contributed by atoms with Gasteiger partial charge in [0, 0.05) is 60.3 Å². The molecule has 0 aliphatic rings. The van der Waals surface area contributed by atoms with Gasteiger partial charge >= 0.3 is 0 Å². The summed E-state index contributed by atoms with van der Waals surface area (Å²) in [4.78, 5) is 15.3. The molecule has 4 aromatic heterocycles. The molecule has 266 valence electrons. The molecule has 0 N–H and O–H groups in total. The SMILES string of the molecule is c1ccc(-c2nc(-c3ccc4c(c3)oc3cc(-c5cccc6c5oc5ccccc56)ccc34)nc(-c3ccc4c5ccccc5n(-c5ccccc5)c4c3)n2)cc1. The second-order valence-electron chi connectivity index (χ2n) is 14.4. The van der Waals surface area contributed by atoms with Crippen molar-refractivity contribution in [2.24, 2.45) is 0 Å². The maximum absolute atomic E-state index is 6.61. The first-order valence-electron chi connectivity index (χ1n) is 19.0. The first-order chi connectivity index (χ1) is 28.2. The smallest absolute Gasteiger partial charge is 0.164 e. The van der Waals surface area contributed by atoms with E-state index < -0.39 is 0 Å². The van der Waals surface area contributed by atoms with Crippen LogP contribution in [-0.4, -0.2) is 19.5 Å². The molecule has 0 unspecified atom stereocenters. The number of para-hydroxylation sites is 4. The molecule has 0 bridgehead atoms. The second kappa shape index (κ2) is 12.3. The fourth-order valence-corrected chi connectivity index (χ4v) is 8.37. The molecule has 0 atom stereocenters. The van der Waals surface area contributed by atoms with Crippen molar-refractivity contribution in [3.05, 3.63) is 182 Å². The summed E-state index contributed by atoms with van der Waals surface area (Å²) in [6.45, 7) is 0. The van der Waals surface area contributed by atoms with Crippen molar-refractivity contribution in [3.8, 4) is 51.0 Å². The van der Waals surface area contributed by atoms with Gasteiger partial charge in [-0.05, 0) is 60.2 Å². The average Bonchev–Trinajstić information content (AvgIpc) is 3.95. The quantitative estimate of drug-likeness (QED) is 0.176. The van der Waals surface area contributed by atoms with E-state index in [1.807, 2.05) is 60.7 Å².